The zero-order valence-corrected chi connectivity index (χ0v) is 26.3. The molecule has 0 aliphatic heterocycles. The molecule has 212 valence electrons. The summed E-state index contributed by atoms with van der Waals surface area (Å²) in [5, 5.41) is 2.31. The first kappa shape index (κ1) is 29.4. The van der Waals surface area contributed by atoms with Crippen LogP contribution in [0.1, 0.15) is 76.3 Å². The second-order valence-electron chi connectivity index (χ2n) is 10.9. The Bertz CT molecular complexity index is 1410. The Morgan fingerprint density at radius 2 is 1.10 bits per heavy atom. The van der Waals surface area contributed by atoms with Gasteiger partial charge in [-0.15, -0.1) is 22.7 Å². The molecule has 2 aromatic heterocycles. The molecular weight excluding hydrogens is 535 g/mol. The van der Waals surface area contributed by atoms with E-state index in [2.05, 4.69) is 121 Å². The number of anilines is 3. The quantitative estimate of drug-likeness (QED) is 0.112. The normalized spacial score (nSPS) is 11.2. The summed E-state index contributed by atoms with van der Waals surface area (Å²) in [5.41, 5.74) is 7.91. The summed E-state index contributed by atoms with van der Waals surface area (Å²) in [6, 6.07) is 35.4. The molecule has 3 aromatic carbocycles. The molecule has 5 aromatic rings. The SMILES string of the molecule is CCCCCCc1ccsc1-c1sc(-c2ccc(N(c3ccccc3)c3ccccc3)cc2)cc1CCCCCC. The number of para-hydroxylation sites is 2. The maximum atomic E-state index is 2.49. The minimum Gasteiger partial charge on any atom is -0.311 e. The summed E-state index contributed by atoms with van der Waals surface area (Å²) in [6.45, 7) is 4.59. The van der Waals surface area contributed by atoms with Crippen molar-refractivity contribution in [3.05, 3.63) is 114 Å². The second kappa shape index (κ2) is 15.2. The predicted molar refractivity (Wildman–Crippen MR) is 183 cm³/mol. The molecule has 0 saturated heterocycles. The first-order chi connectivity index (χ1) is 20.3. The van der Waals surface area contributed by atoms with E-state index in [9.17, 15) is 0 Å². The van der Waals surface area contributed by atoms with Gasteiger partial charge in [-0.3, -0.25) is 0 Å². The van der Waals surface area contributed by atoms with Crippen molar-refractivity contribution < 1.29 is 0 Å². The lowest BCUT2D eigenvalue weighted by Crippen LogP contribution is -2.09. The van der Waals surface area contributed by atoms with E-state index in [4.69, 9.17) is 0 Å². The summed E-state index contributed by atoms with van der Waals surface area (Å²) in [7, 11) is 0. The summed E-state index contributed by atoms with van der Waals surface area (Å²) in [5.74, 6) is 0. The van der Waals surface area contributed by atoms with Crippen LogP contribution >= 0.6 is 22.7 Å². The van der Waals surface area contributed by atoms with Crippen molar-refractivity contribution in [3.63, 3.8) is 0 Å². The Hall–Kier alpha value is -3.14. The molecule has 3 heteroatoms. The average molecular weight is 578 g/mol. The van der Waals surface area contributed by atoms with Gasteiger partial charge in [0.15, 0.2) is 0 Å². The summed E-state index contributed by atoms with van der Waals surface area (Å²) in [6.07, 6.45) is 12.8. The number of hydrogen-bond donors (Lipinski definition) is 0. The Balaban J connectivity index is 1.44. The van der Waals surface area contributed by atoms with Gasteiger partial charge in [-0.25, -0.2) is 0 Å². The maximum Gasteiger partial charge on any atom is 0.0483 e. The van der Waals surface area contributed by atoms with E-state index in [1.165, 1.54) is 107 Å². The topological polar surface area (TPSA) is 3.24 Å². The average Bonchev–Trinajstić information content (AvgIpc) is 3.66. The van der Waals surface area contributed by atoms with Crippen LogP contribution in [0.2, 0.25) is 0 Å². The zero-order chi connectivity index (χ0) is 28.3. The van der Waals surface area contributed by atoms with E-state index in [0.717, 1.165) is 0 Å². The highest BCUT2D eigenvalue weighted by molar-refractivity contribution is 7.23. The Labute approximate surface area is 255 Å². The van der Waals surface area contributed by atoms with Crippen LogP contribution in [0.25, 0.3) is 20.2 Å². The van der Waals surface area contributed by atoms with Gasteiger partial charge in [0.1, 0.15) is 0 Å². The minimum absolute atomic E-state index is 1.17. The van der Waals surface area contributed by atoms with Gasteiger partial charge in [-0.05, 0) is 96.3 Å². The lowest BCUT2D eigenvalue weighted by atomic mass is 10.0. The van der Waals surface area contributed by atoms with E-state index in [1.54, 1.807) is 5.56 Å². The van der Waals surface area contributed by atoms with Crippen molar-refractivity contribution in [3.8, 4) is 20.2 Å². The van der Waals surface area contributed by atoms with Gasteiger partial charge in [0.25, 0.3) is 0 Å². The summed E-state index contributed by atoms with van der Waals surface area (Å²) >= 11 is 3.93. The molecule has 0 fully saturated rings. The van der Waals surface area contributed by atoms with Crippen molar-refractivity contribution in [1.29, 1.82) is 0 Å². The highest BCUT2D eigenvalue weighted by Crippen LogP contribution is 2.44. The van der Waals surface area contributed by atoms with E-state index in [0.29, 0.717) is 0 Å². The van der Waals surface area contributed by atoms with Gasteiger partial charge in [-0.2, -0.15) is 0 Å². The molecule has 0 N–H and O–H groups in total. The van der Waals surface area contributed by atoms with E-state index >= 15 is 0 Å². The molecule has 0 unspecified atom stereocenters. The van der Waals surface area contributed by atoms with Gasteiger partial charge in [0, 0.05) is 31.7 Å². The molecule has 0 amide bonds. The van der Waals surface area contributed by atoms with Gasteiger partial charge in [0.2, 0.25) is 0 Å². The Morgan fingerprint density at radius 3 is 1.68 bits per heavy atom. The molecule has 5 rings (SSSR count). The van der Waals surface area contributed by atoms with Gasteiger partial charge < -0.3 is 4.90 Å². The molecule has 0 spiro atoms. The fourth-order valence-electron chi connectivity index (χ4n) is 5.54. The monoisotopic (exact) mass is 577 g/mol. The smallest absolute Gasteiger partial charge is 0.0483 e. The molecule has 0 aliphatic rings. The number of hydrogen-bond acceptors (Lipinski definition) is 3. The third-order valence-corrected chi connectivity index (χ3v) is 10.1. The maximum absolute atomic E-state index is 2.49. The molecule has 1 nitrogen and oxygen atoms in total. The largest absolute Gasteiger partial charge is 0.311 e. The van der Waals surface area contributed by atoms with Crippen LogP contribution in [-0.4, -0.2) is 0 Å². The van der Waals surface area contributed by atoms with Crippen molar-refractivity contribution in [1.82, 2.24) is 0 Å². The highest BCUT2D eigenvalue weighted by atomic mass is 32.1. The first-order valence-electron chi connectivity index (χ1n) is 15.5. The predicted octanol–water partition coefficient (Wildman–Crippen LogP) is 12.9. The fourth-order valence-corrected chi connectivity index (χ4v) is 7.93. The van der Waals surface area contributed by atoms with Gasteiger partial charge >= 0.3 is 0 Å². The van der Waals surface area contributed by atoms with Gasteiger partial charge in [-0.1, -0.05) is 101 Å². The number of rotatable bonds is 15. The van der Waals surface area contributed by atoms with Crippen LogP contribution in [0.4, 0.5) is 17.1 Å². The van der Waals surface area contributed by atoms with Crippen LogP contribution in [0, 0.1) is 0 Å². The van der Waals surface area contributed by atoms with Crippen LogP contribution in [0.15, 0.2) is 102 Å². The molecule has 0 atom stereocenters. The number of aryl methyl sites for hydroxylation is 2. The molecule has 2 heterocycles. The highest BCUT2D eigenvalue weighted by Gasteiger charge is 2.17. The molecule has 0 saturated carbocycles. The van der Waals surface area contributed by atoms with Crippen molar-refractivity contribution in [2.24, 2.45) is 0 Å². The van der Waals surface area contributed by atoms with E-state index in [1.807, 2.05) is 22.7 Å². The lowest BCUT2D eigenvalue weighted by molar-refractivity contribution is 0.666. The Morgan fingerprint density at radius 1 is 0.537 bits per heavy atom. The van der Waals surface area contributed by atoms with E-state index in [-0.39, 0.29) is 0 Å². The first-order valence-corrected chi connectivity index (χ1v) is 17.2. The second-order valence-corrected chi connectivity index (χ2v) is 12.9. The van der Waals surface area contributed by atoms with Crippen LogP contribution in [0.5, 0.6) is 0 Å². The number of benzene rings is 3. The van der Waals surface area contributed by atoms with Crippen LogP contribution in [-0.2, 0) is 12.8 Å². The third-order valence-electron chi connectivity index (χ3n) is 7.80. The molecule has 0 radical (unpaired) electrons. The molecular formula is C38H43NS2. The number of unbranched alkanes of at least 4 members (excludes halogenated alkanes) is 6. The van der Waals surface area contributed by atoms with E-state index < -0.39 is 0 Å². The summed E-state index contributed by atoms with van der Waals surface area (Å²) < 4.78 is 0. The standard InChI is InChI=1S/C38H43NS2/c1-3-5-7-11-17-31-27-28-40-37(31)38-32(18-12-8-6-4-2)29-36(41-38)30-23-25-35(26-24-30)39(33-19-13-9-14-20-33)34-21-15-10-16-22-34/h9-10,13-16,19-29H,3-8,11-12,17-18H2,1-2H3. The number of nitrogens with zero attached hydrogens (tertiary/aromatic N) is 1. The Kier molecular flexibility index (Phi) is 10.9. The van der Waals surface area contributed by atoms with Crippen molar-refractivity contribution in [2.45, 2.75) is 78.1 Å². The number of thiophene rings is 2. The van der Waals surface area contributed by atoms with Gasteiger partial charge in [0.05, 0.1) is 0 Å². The molecule has 41 heavy (non-hydrogen) atoms. The van der Waals surface area contributed by atoms with Crippen molar-refractivity contribution in [2.75, 3.05) is 4.90 Å². The molecule has 0 bridgehead atoms. The summed E-state index contributed by atoms with van der Waals surface area (Å²) in [4.78, 5) is 6.74. The molecule has 0 aliphatic carbocycles. The van der Waals surface area contributed by atoms with Crippen LogP contribution < -0.4 is 4.90 Å². The van der Waals surface area contributed by atoms with Crippen LogP contribution in [0.3, 0.4) is 0 Å². The fraction of sp³-hybridized carbons (Fsp3) is 0.316. The third kappa shape index (κ3) is 7.58. The van der Waals surface area contributed by atoms with Crippen molar-refractivity contribution >= 4 is 39.7 Å². The minimum atomic E-state index is 1.17. The zero-order valence-electron chi connectivity index (χ0n) is 24.6. The lowest BCUT2D eigenvalue weighted by Gasteiger charge is -2.25.